The summed E-state index contributed by atoms with van der Waals surface area (Å²) in [6.07, 6.45) is 0.892. The minimum absolute atomic E-state index is 0.0787. The maximum absolute atomic E-state index is 5.93. The van der Waals surface area contributed by atoms with E-state index in [1.54, 1.807) is 11.7 Å². The topological polar surface area (TPSA) is 56.7 Å². The van der Waals surface area contributed by atoms with Gasteiger partial charge in [-0.05, 0) is 23.9 Å². The van der Waals surface area contributed by atoms with Crippen LogP contribution in [-0.4, -0.2) is 14.8 Å². The highest BCUT2D eigenvalue weighted by Crippen LogP contribution is 2.17. The summed E-state index contributed by atoms with van der Waals surface area (Å²) in [6, 6.07) is -0.0787. The third-order valence-corrected chi connectivity index (χ3v) is 1.99. The Morgan fingerprint density at radius 3 is 2.54 bits per heavy atom. The average molecular weight is 203 g/mol. The predicted octanol–water partition coefficient (Wildman–Crippen LogP) is 1.51. The fourth-order valence-electron chi connectivity index (χ4n) is 1.30. The van der Waals surface area contributed by atoms with Gasteiger partial charge in [-0.3, -0.25) is 4.68 Å². The van der Waals surface area contributed by atoms with E-state index in [1.165, 1.54) is 0 Å². The first-order chi connectivity index (χ1) is 6.00. The van der Waals surface area contributed by atoms with E-state index in [2.05, 4.69) is 23.9 Å². The monoisotopic (exact) mass is 202 g/mol. The smallest absolute Gasteiger partial charge is 0.242 e. The molecule has 0 bridgehead atoms. The van der Waals surface area contributed by atoms with Gasteiger partial charge in [0, 0.05) is 7.05 Å². The van der Waals surface area contributed by atoms with Crippen molar-refractivity contribution in [3.8, 4) is 0 Å². The number of aryl methyl sites for hydroxylation is 1. The summed E-state index contributed by atoms with van der Waals surface area (Å²) in [5.74, 6) is 1.30. The van der Waals surface area contributed by atoms with Crippen LogP contribution >= 0.6 is 11.6 Å². The molecule has 0 aliphatic rings. The van der Waals surface area contributed by atoms with Crippen molar-refractivity contribution in [3.05, 3.63) is 11.1 Å². The van der Waals surface area contributed by atoms with Crippen molar-refractivity contribution in [1.29, 1.82) is 0 Å². The molecule has 0 aliphatic heterocycles. The first kappa shape index (κ1) is 10.5. The van der Waals surface area contributed by atoms with Crippen molar-refractivity contribution in [2.45, 2.75) is 26.3 Å². The summed E-state index contributed by atoms with van der Waals surface area (Å²) < 4.78 is 1.63. The molecule has 2 N–H and O–H groups in total. The quantitative estimate of drug-likeness (QED) is 0.809. The summed E-state index contributed by atoms with van der Waals surface area (Å²) >= 11 is 5.65. The molecule has 1 aromatic rings. The number of rotatable bonds is 3. The van der Waals surface area contributed by atoms with Crippen LogP contribution in [0.1, 0.15) is 32.1 Å². The average Bonchev–Trinajstić information content (AvgIpc) is 2.28. The van der Waals surface area contributed by atoms with Gasteiger partial charge in [-0.2, -0.15) is 0 Å². The molecular weight excluding hydrogens is 188 g/mol. The van der Waals surface area contributed by atoms with Crippen LogP contribution in [0.25, 0.3) is 0 Å². The third kappa shape index (κ3) is 2.67. The van der Waals surface area contributed by atoms with Gasteiger partial charge in [0.25, 0.3) is 0 Å². The summed E-state index contributed by atoms with van der Waals surface area (Å²) in [5.41, 5.74) is 5.93. The molecule has 13 heavy (non-hydrogen) atoms. The zero-order valence-corrected chi connectivity index (χ0v) is 8.91. The molecule has 0 radical (unpaired) electrons. The van der Waals surface area contributed by atoms with Crippen molar-refractivity contribution >= 4 is 11.6 Å². The number of nitrogens with two attached hydrogens (primary N) is 1. The lowest BCUT2D eigenvalue weighted by atomic mass is 10.0. The van der Waals surface area contributed by atoms with Crippen LogP contribution in [0.4, 0.5) is 0 Å². The molecule has 0 unspecified atom stereocenters. The molecule has 74 valence electrons. The third-order valence-electron chi connectivity index (χ3n) is 1.83. The SMILES string of the molecule is CC(C)C[C@@H](N)c1nc(Cl)nn1C. The van der Waals surface area contributed by atoms with E-state index in [9.17, 15) is 0 Å². The molecule has 0 aromatic carbocycles. The first-order valence-corrected chi connectivity index (χ1v) is 4.70. The first-order valence-electron chi connectivity index (χ1n) is 4.32. The van der Waals surface area contributed by atoms with Gasteiger partial charge in [0.05, 0.1) is 6.04 Å². The van der Waals surface area contributed by atoms with Gasteiger partial charge in [0.2, 0.25) is 5.28 Å². The fraction of sp³-hybridized carbons (Fsp3) is 0.750. The Labute approximate surface area is 83.1 Å². The van der Waals surface area contributed by atoms with Gasteiger partial charge in [-0.15, -0.1) is 5.10 Å². The van der Waals surface area contributed by atoms with Crippen LogP contribution in [0.3, 0.4) is 0 Å². The Bertz CT molecular complexity index is 282. The Balaban J connectivity index is 2.76. The van der Waals surface area contributed by atoms with Crippen molar-refractivity contribution in [2.24, 2.45) is 18.7 Å². The van der Waals surface area contributed by atoms with E-state index in [4.69, 9.17) is 17.3 Å². The van der Waals surface area contributed by atoms with Crippen molar-refractivity contribution in [3.63, 3.8) is 0 Å². The summed E-state index contributed by atoms with van der Waals surface area (Å²) in [7, 11) is 1.80. The Hall–Kier alpha value is -0.610. The van der Waals surface area contributed by atoms with Crippen LogP contribution in [0.15, 0.2) is 0 Å². The van der Waals surface area contributed by atoms with Crippen molar-refractivity contribution < 1.29 is 0 Å². The molecule has 0 amide bonds. The van der Waals surface area contributed by atoms with E-state index in [0.29, 0.717) is 5.92 Å². The molecule has 0 fully saturated rings. The van der Waals surface area contributed by atoms with Crippen LogP contribution in [0.5, 0.6) is 0 Å². The van der Waals surface area contributed by atoms with Crippen molar-refractivity contribution in [1.82, 2.24) is 14.8 Å². The number of hydrogen-bond donors (Lipinski definition) is 1. The zero-order chi connectivity index (χ0) is 10.0. The highest BCUT2D eigenvalue weighted by atomic mass is 35.5. The molecule has 5 heteroatoms. The minimum Gasteiger partial charge on any atom is -0.321 e. The normalized spacial score (nSPS) is 13.7. The lowest BCUT2D eigenvalue weighted by molar-refractivity contribution is 0.477. The Kier molecular flexibility index (Phi) is 3.27. The molecule has 0 aliphatic carbocycles. The van der Waals surface area contributed by atoms with Crippen LogP contribution < -0.4 is 5.73 Å². The van der Waals surface area contributed by atoms with E-state index >= 15 is 0 Å². The molecule has 0 saturated heterocycles. The van der Waals surface area contributed by atoms with Gasteiger partial charge in [-0.1, -0.05) is 13.8 Å². The predicted molar refractivity (Wildman–Crippen MR) is 52.4 cm³/mol. The second-order valence-electron chi connectivity index (χ2n) is 3.60. The maximum atomic E-state index is 5.93. The Morgan fingerprint density at radius 2 is 2.15 bits per heavy atom. The lowest BCUT2D eigenvalue weighted by Crippen LogP contribution is -2.17. The van der Waals surface area contributed by atoms with E-state index < -0.39 is 0 Å². The van der Waals surface area contributed by atoms with Gasteiger partial charge in [-0.25, -0.2) is 4.98 Å². The number of hydrogen-bond acceptors (Lipinski definition) is 3. The van der Waals surface area contributed by atoms with Crippen LogP contribution in [-0.2, 0) is 7.05 Å². The largest absolute Gasteiger partial charge is 0.321 e. The summed E-state index contributed by atoms with van der Waals surface area (Å²) in [5, 5.41) is 4.19. The molecule has 1 heterocycles. The van der Waals surface area contributed by atoms with Crippen LogP contribution in [0.2, 0.25) is 5.28 Å². The highest BCUT2D eigenvalue weighted by Gasteiger charge is 2.14. The standard InChI is InChI=1S/C8H15ClN4/c1-5(2)4-6(10)7-11-8(9)12-13(7)3/h5-6H,4,10H2,1-3H3/t6-/m1/s1. The minimum atomic E-state index is -0.0787. The lowest BCUT2D eigenvalue weighted by Gasteiger charge is -2.12. The molecule has 1 atom stereocenters. The number of halogens is 1. The molecule has 0 saturated carbocycles. The summed E-state index contributed by atoms with van der Waals surface area (Å²) in [4.78, 5) is 4.06. The van der Waals surface area contributed by atoms with E-state index in [-0.39, 0.29) is 11.3 Å². The number of nitrogens with zero attached hydrogens (tertiary/aromatic N) is 3. The maximum Gasteiger partial charge on any atom is 0.242 e. The Morgan fingerprint density at radius 1 is 1.54 bits per heavy atom. The second-order valence-corrected chi connectivity index (χ2v) is 3.94. The highest BCUT2D eigenvalue weighted by molar-refractivity contribution is 6.28. The molecule has 0 spiro atoms. The zero-order valence-electron chi connectivity index (χ0n) is 8.16. The molecule has 1 aromatic heterocycles. The van der Waals surface area contributed by atoms with Crippen LogP contribution in [0, 0.1) is 5.92 Å². The molecular formula is C8H15ClN4. The second kappa shape index (κ2) is 4.07. The number of aromatic nitrogens is 3. The molecule has 4 nitrogen and oxygen atoms in total. The van der Waals surface area contributed by atoms with Gasteiger partial charge < -0.3 is 5.73 Å². The van der Waals surface area contributed by atoms with Gasteiger partial charge in [0.15, 0.2) is 0 Å². The van der Waals surface area contributed by atoms with Crippen molar-refractivity contribution in [2.75, 3.05) is 0 Å². The molecule has 1 rings (SSSR count). The van der Waals surface area contributed by atoms with E-state index in [0.717, 1.165) is 12.2 Å². The van der Waals surface area contributed by atoms with E-state index in [1.807, 2.05) is 0 Å². The van der Waals surface area contributed by atoms with Gasteiger partial charge in [0.1, 0.15) is 5.82 Å². The van der Waals surface area contributed by atoms with Gasteiger partial charge >= 0.3 is 0 Å². The fourth-order valence-corrected chi connectivity index (χ4v) is 1.50. The summed E-state index contributed by atoms with van der Waals surface area (Å²) in [6.45, 7) is 4.25.